The van der Waals surface area contributed by atoms with Crippen LogP contribution in [0.5, 0.6) is 0 Å². The lowest BCUT2D eigenvalue weighted by molar-refractivity contribution is 0.0915. The molecule has 0 amide bonds. The Balaban J connectivity index is 4.52. The zero-order valence-corrected chi connectivity index (χ0v) is 15.2. The van der Waals surface area contributed by atoms with Crippen molar-refractivity contribution in [2.24, 2.45) is 5.92 Å². The fourth-order valence-electron chi connectivity index (χ4n) is 3.18. The summed E-state index contributed by atoms with van der Waals surface area (Å²) in [5.41, 5.74) is 1.79. The summed E-state index contributed by atoms with van der Waals surface area (Å²) in [5, 5.41) is 0. The second kappa shape index (κ2) is 10.4. The lowest BCUT2D eigenvalue weighted by atomic mass is 9.85. The van der Waals surface area contributed by atoms with Crippen LogP contribution in [-0.2, 0) is 0 Å². The molecule has 0 aliphatic heterocycles. The Morgan fingerprint density at radius 3 is 2.10 bits per heavy atom. The molecule has 0 aromatic carbocycles. The van der Waals surface area contributed by atoms with Gasteiger partial charge in [-0.1, -0.05) is 46.1 Å². The van der Waals surface area contributed by atoms with Gasteiger partial charge in [-0.3, -0.25) is 4.90 Å². The molecule has 0 aliphatic rings. The molecule has 1 radical (unpaired) electrons. The quantitative estimate of drug-likeness (QED) is 0.458. The van der Waals surface area contributed by atoms with E-state index < -0.39 is 0 Å². The van der Waals surface area contributed by atoms with Crippen LogP contribution >= 0.6 is 0 Å². The molecule has 0 N–H and O–H groups in total. The normalized spacial score (nSPS) is 15.9. The van der Waals surface area contributed by atoms with E-state index in [1.54, 1.807) is 0 Å². The van der Waals surface area contributed by atoms with Crippen LogP contribution in [0.1, 0.15) is 87.0 Å². The number of nitrogens with zero attached hydrogens (tertiary/aromatic N) is 1. The number of hydrogen-bond acceptors (Lipinski definition) is 1. The average Bonchev–Trinajstić information content (AvgIpc) is 2.39. The summed E-state index contributed by atoms with van der Waals surface area (Å²) in [6.07, 6.45) is 11.1. The zero-order valence-electron chi connectivity index (χ0n) is 15.2. The maximum absolute atomic E-state index is 3.27. The molecule has 0 spiro atoms. The molecule has 0 saturated heterocycles. The highest BCUT2D eigenvalue weighted by Crippen LogP contribution is 2.29. The standard InChI is InChI=1S/C19H38N/c1-8-18(6)14-12-16-19(7,20(9-2)10-3)15-11-13-17(4)5/h17H,9-16H2,1-7H3/t19-/m0/s1. The third-order valence-electron chi connectivity index (χ3n) is 4.72. The monoisotopic (exact) mass is 280 g/mol. The van der Waals surface area contributed by atoms with Gasteiger partial charge in [0.1, 0.15) is 0 Å². The Morgan fingerprint density at radius 2 is 1.65 bits per heavy atom. The van der Waals surface area contributed by atoms with Crippen molar-refractivity contribution in [1.82, 2.24) is 4.90 Å². The summed E-state index contributed by atoms with van der Waals surface area (Å²) in [5.74, 6) is 0.829. The number of allylic oxidation sites excluding steroid dienone is 2. The maximum atomic E-state index is 3.27. The van der Waals surface area contributed by atoms with Gasteiger partial charge in [-0.05, 0) is 71.5 Å². The van der Waals surface area contributed by atoms with Crippen LogP contribution < -0.4 is 0 Å². The summed E-state index contributed by atoms with van der Waals surface area (Å²) in [7, 11) is 0. The van der Waals surface area contributed by atoms with Crippen molar-refractivity contribution >= 4 is 0 Å². The molecule has 1 atom stereocenters. The third-order valence-corrected chi connectivity index (χ3v) is 4.72. The average molecular weight is 281 g/mol. The molecule has 0 aromatic rings. The van der Waals surface area contributed by atoms with Crippen molar-refractivity contribution in [2.75, 3.05) is 13.1 Å². The molecule has 0 heterocycles. The van der Waals surface area contributed by atoms with Crippen LogP contribution in [0.4, 0.5) is 0 Å². The first-order chi connectivity index (χ1) is 9.39. The van der Waals surface area contributed by atoms with Gasteiger partial charge in [0.25, 0.3) is 0 Å². The van der Waals surface area contributed by atoms with E-state index in [1.807, 2.05) is 6.92 Å². The van der Waals surface area contributed by atoms with Crippen molar-refractivity contribution in [3.8, 4) is 0 Å². The van der Waals surface area contributed by atoms with Gasteiger partial charge in [0.2, 0.25) is 0 Å². The lowest BCUT2D eigenvalue weighted by Crippen LogP contribution is -2.46. The van der Waals surface area contributed by atoms with Gasteiger partial charge in [-0.25, -0.2) is 0 Å². The minimum absolute atomic E-state index is 0.381. The van der Waals surface area contributed by atoms with Crippen molar-refractivity contribution in [3.05, 3.63) is 11.6 Å². The fraction of sp³-hybridized carbons (Fsp3) is 0.895. The van der Waals surface area contributed by atoms with Gasteiger partial charge >= 0.3 is 0 Å². The SMILES string of the molecule is C/[C]=C(\C)CCC[C@](C)(CCCC(C)C)N(CC)CC. The van der Waals surface area contributed by atoms with Gasteiger partial charge in [0, 0.05) is 5.54 Å². The van der Waals surface area contributed by atoms with Gasteiger partial charge < -0.3 is 0 Å². The van der Waals surface area contributed by atoms with Crippen LogP contribution in [0.2, 0.25) is 0 Å². The van der Waals surface area contributed by atoms with E-state index in [9.17, 15) is 0 Å². The number of hydrogen-bond donors (Lipinski definition) is 0. The van der Waals surface area contributed by atoms with Gasteiger partial charge in [0.05, 0.1) is 0 Å². The second-order valence-corrected chi connectivity index (χ2v) is 6.84. The first-order valence-electron chi connectivity index (χ1n) is 8.64. The van der Waals surface area contributed by atoms with Crippen LogP contribution in [-0.4, -0.2) is 23.5 Å². The molecule has 0 saturated carbocycles. The highest BCUT2D eigenvalue weighted by atomic mass is 15.2. The highest BCUT2D eigenvalue weighted by Gasteiger charge is 2.28. The van der Waals surface area contributed by atoms with E-state index >= 15 is 0 Å². The molecule has 1 nitrogen and oxygen atoms in total. The molecular weight excluding hydrogens is 242 g/mol. The van der Waals surface area contributed by atoms with Crippen LogP contribution in [0.15, 0.2) is 5.57 Å². The van der Waals surface area contributed by atoms with Crippen molar-refractivity contribution in [1.29, 1.82) is 0 Å². The summed E-state index contributed by atoms with van der Waals surface area (Å²) in [4.78, 5) is 2.67. The summed E-state index contributed by atoms with van der Waals surface area (Å²) >= 11 is 0. The van der Waals surface area contributed by atoms with Gasteiger partial charge in [-0.15, -0.1) is 0 Å². The molecular formula is C19H38N. The Hall–Kier alpha value is -0.300. The van der Waals surface area contributed by atoms with E-state index in [4.69, 9.17) is 0 Å². The molecule has 0 aliphatic carbocycles. The maximum Gasteiger partial charge on any atom is 0.0181 e. The summed E-state index contributed by atoms with van der Waals surface area (Å²) in [6, 6.07) is 0. The minimum Gasteiger partial charge on any atom is -0.298 e. The van der Waals surface area contributed by atoms with E-state index in [0.717, 1.165) is 5.92 Å². The first-order valence-corrected chi connectivity index (χ1v) is 8.64. The lowest BCUT2D eigenvalue weighted by Gasteiger charge is -2.41. The number of rotatable bonds is 11. The van der Waals surface area contributed by atoms with E-state index in [2.05, 4.69) is 52.5 Å². The zero-order chi connectivity index (χ0) is 15.6. The molecule has 119 valence electrons. The molecule has 0 rings (SSSR count). The highest BCUT2D eigenvalue weighted by molar-refractivity contribution is 4.92. The molecule has 20 heavy (non-hydrogen) atoms. The molecule has 0 aromatic heterocycles. The molecule has 0 bridgehead atoms. The van der Waals surface area contributed by atoms with Gasteiger partial charge in [-0.2, -0.15) is 0 Å². The predicted octanol–water partition coefficient (Wildman–Crippen LogP) is 5.85. The van der Waals surface area contributed by atoms with Crippen molar-refractivity contribution in [2.45, 2.75) is 92.5 Å². The van der Waals surface area contributed by atoms with E-state index in [-0.39, 0.29) is 0 Å². The van der Waals surface area contributed by atoms with E-state index in [1.165, 1.54) is 57.2 Å². The Labute approximate surface area is 128 Å². The molecule has 1 heteroatoms. The van der Waals surface area contributed by atoms with E-state index in [0.29, 0.717) is 5.54 Å². The Bertz CT molecular complexity index is 263. The molecule has 0 fully saturated rings. The first kappa shape index (κ1) is 19.7. The smallest absolute Gasteiger partial charge is 0.0181 e. The minimum atomic E-state index is 0.381. The fourth-order valence-corrected chi connectivity index (χ4v) is 3.18. The second-order valence-electron chi connectivity index (χ2n) is 6.84. The van der Waals surface area contributed by atoms with Crippen molar-refractivity contribution < 1.29 is 0 Å². The largest absolute Gasteiger partial charge is 0.298 e. The van der Waals surface area contributed by atoms with Crippen LogP contribution in [0, 0.1) is 12.0 Å². The third kappa shape index (κ3) is 7.47. The Morgan fingerprint density at radius 1 is 1.10 bits per heavy atom. The Kier molecular flexibility index (Phi) is 10.3. The van der Waals surface area contributed by atoms with Crippen molar-refractivity contribution in [3.63, 3.8) is 0 Å². The topological polar surface area (TPSA) is 3.24 Å². The van der Waals surface area contributed by atoms with Crippen LogP contribution in [0.3, 0.4) is 0 Å². The summed E-state index contributed by atoms with van der Waals surface area (Å²) < 4.78 is 0. The van der Waals surface area contributed by atoms with Crippen LogP contribution in [0.25, 0.3) is 0 Å². The van der Waals surface area contributed by atoms with Gasteiger partial charge in [0.15, 0.2) is 0 Å². The predicted molar refractivity (Wildman–Crippen MR) is 92.0 cm³/mol. The molecule has 0 unspecified atom stereocenters. The summed E-state index contributed by atoms with van der Waals surface area (Å²) in [6.45, 7) is 18.3.